The van der Waals surface area contributed by atoms with E-state index in [1.54, 1.807) is 16.9 Å². The maximum atomic E-state index is 12.7. The normalized spacial score (nSPS) is 15.4. The highest BCUT2D eigenvalue weighted by Gasteiger charge is 2.32. The number of hydrogen-bond acceptors (Lipinski definition) is 2. The summed E-state index contributed by atoms with van der Waals surface area (Å²) in [7, 11) is 0. The zero-order valence-corrected chi connectivity index (χ0v) is 15.6. The smallest absolute Gasteiger partial charge is 0.321 e. The number of nitrogens with zero attached hydrogens (tertiary/aromatic N) is 2. The van der Waals surface area contributed by atoms with Crippen molar-refractivity contribution in [1.29, 1.82) is 0 Å². The van der Waals surface area contributed by atoms with Gasteiger partial charge < -0.3 is 5.73 Å². The molecular weight excluding hydrogens is 375 g/mol. The third-order valence-corrected chi connectivity index (χ3v) is 5.09. The molecule has 0 bridgehead atoms. The quantitative estimate of drug-likeness (QED) is 0.634. The first-order valence-electron chi connectivity index (χ1n) is 8.37. The van der Waals surface area contributed by atoms with E-state index in [-0.39, 0.29) is 5.92 Å². The maximum absolute atomic E-state index is 12.7. The van der Waals surface area contributed by atoms with Gasteiger partial charge >= 0.3 is 6.18 Å². The highest BCUT2D eigenvalue weighted by atomic mass is 35.5. The van der Waals surface area contributed by atoms with Crippen LogP contribution in [0, 0.1) is 0 Å². The van der Waals surface area contributed by atoms with Gasteiger partial charge in [0.2, 0.25) is 0 Å². The lowest BCUT2D eigenvalue weighted by Gasteiger charge is -2.31. The molecule has 1 unspecified atom stereocenters. The summed E-state index contributed by atoms with van der Waals surface area (Å²) in [4.78, 5) is 0. The largest absolute Gasteiger partial charge is 0.416 e. The molecule has 0 aliphatic rings. The number of rotatable bonds is 4. The number of hydrogen-bond donors (Lipinski definition) is 1. The Morgan fingerprint density at radius 3 is 2.30 bits per heavy atom. The van der Waals surface area contributed by atoms with Gasteiger partial charge in [0.1, 0.15) is 0 Å². The molecule has 1 aromatic heterocycles. The van der Waals surface area contributed by atoms with Crippen LogP contribution in [0.5, 0.6) is 0 Å². The second kappa shape index (κ2) is 7.02. The van der Waals surface area contributed by atoms with E-state index in [1.165, 1.54) is 12.1 Å². The molecule has 0 aliphatic heterocycles. The summed E-state index contributed by atoms with van der Waals surface area (Å²) in [5.74, 6) is -0.147. The summed E-state index contributed by atoms with van der Waals surface area (Å²) in [6.07, 6.45) is -2.65. The molecule has 0 spiro atoms. The first kappa shape index (κ1) is 19.5. The molecule has 3 aromatic rings. The van der Waals surface area contributed by atoms with E-state index in [2.05, 4.69) is 5.10 Å². The number of halogens is 4. The molecule has 0 aliphatic carbocycles. The minimum Gasteiger partial charge on any atom is -0.321 e. The van der Waals surface area contributed by atoms with Crippen molar-refractivity contribution in [3.05, 3.63) is 82.6 Å². The molecule has 0 amide bonds. The van der Waals surface area contributed by atoms with Gasteiger partial charge in [-0.25, -0.2) is 4.68 Å². The van der Waals surface area contributed by atoms with Crippen LogP contribution in [-0.2, 0) is 11.7 Å². The van der Waals surface area contributed by atoms with Gasteiger partial charge in [-0.05, 0) is 55.0 Å². The van der Waals surface area contributed by atoms with E-state index in [1.807, 2.05) is 38.1 Å². The van der Waals surface area contributed by atoms with Crippen LogP contribution in [-0.4, -0.2) is 9.78 Å². The minimum atomic E-state index is -4.36. The Labute approximate surface area is 160 Å². The van der Waals surface area contributed by atoms with Crippen LogP contribution in [0.2, 0.25) is 5.02 Å². The molecule has 0 saturated carbocycles. The van der Waals surface area contributed by atoms with Crippen molar-refractivity contribution in [2.75, 3.05) is 0 Å². The van der Waals surface area contributed by atoms with Crippen LogP contribution in [0.25, 0.3) is 5.69 Å². The molecule has 2 aromatic carbocycles. The summed E-state index contributed by atoms with van der Waals surface area (Å²) in [5.41, 5.74) is 7.32. The summed E-state index contributed by atoms with van der Waals surface area (Å²) >= 11 is 6.08. The lowest BCUT2D eigenvalue weighted by atomic mass is 9.80. The predicted molar refractivity (Wildman–Crippen MR) is 100.0 cm³/mol. The van der Waals surface area contributed by atoms with Gasteiger partial charge in [0, 0.05) is 22.7 Å². The predicted octanol–water partition coefficient (Wildman–Crippen LogP) is 5.52. The van der Waals surface area contributed by atoms with Gasteiger partial charge in [-0.2, -0.15) is 18.3 Å². The lowest BCUT2D eigenvalue weighted by Crippen LogP contribution is -2.38. The maximum Gasteiger partial charge on any atom is 0.416 e. The molecule has 2 N–H and O–H groups in total. The third kappa shape index (κ3) is 4.01. The van der Waals surface area contributed by atoms with Crippen molar-refractivity contribution >= 4 is 11.6 Å². The van der Waals surface area contributed by atoms with Crippen LogP contribution in [0.4, 0.5) is 13.2 Å². The molecule has 7 heteroatoms. The molecule has 2 atom stereocenters. The molecular formula is C20H19ClF3N3. The Balaban J connectivity index is 1.86. The van der Waals surface area contributed by atoms with Gasteiger partial charge in [-0.15, -0.1) is 0 Å². The van der Waals surface area contributed by atoms with E-state index in [9.17, 15) is 13.2 Å². The number of nitrogens with two attached hydrogens (primary N) is 1. The highest BCUT2D eigenvalue weighted by Crippen LogP contribution is 2.35. The van der Waals surface area contributed by atoms with Crippen LogP contribution >= 0.6 is 11.6 Å². The van der Waals surface area contributed by atoms with E-state index in [0.717, 1.165) is 23.4 Å². The Hall–Kier alpha value is -2.31. The Bertz CT molecular complexity index is 930. The number of alkyl halides is 3. The van der Waals surface area contributed by atoms with Crippen molar-refractivity contribution in [2.24, 2.45) is 5.73 Å². The molecule has 0 fully saturated rings. The highest BCUT2D eigenvalue weighted by molar-refractivity contribution is 6.30. The molecule has 142 valence electrons. The average Bonchev–Trinajstić information content (AvgIpc) is 3.10. The summed E-state index contributed by atoms with van der Waals surface area (Å²) in [5, 5.41) is 5.11. The molecule has 1 heterocycles. The van der Waals surface area contributed by atoms with Crippen molar-refractivity contribution < 1.29 is 13.2 Å². The minimum absolute atomic E-state index is 0.147. The Morgan fingerprint density at radius 1 is 1.04 bits per heavy atom. The van der Waals surface area contributed by atoms with Gasteiger partial charge in [-0.1, -0.05) is 30.7 Å². The average molecular weight is 394 g/mol. The van der Waals surface area contributed by atoms with Gasteiger partial charge in [-0.3, -0.25) is 0 Å². The molecule has 0 saturated heterocycles. The van der Waals surface area contributed by atoms with Crippen LogP contribution in [0.3, 0.4) is 0 Å². The Morgan fingerprint density at radius 2 is 1.70 bits per heavy atom. The number of aromatic nitrogens is 2. The molecule has 0 radical (unpaired) electrons. The van der Waals surface area contributed by atoms with Crippen LogP contribution < -0.4 is 5.73 Å². The number of benzene rings is 2. The van der Waals surface area contributed by atoms with E-state index < -0.39 is 17.3 Å². The fraction of sp³-hybridized carbons (Fsp3) is 0.250. The SMILES string of the molecule is CC(c1ccn(-c2ccc(C(F)(F)F)cc2)n1)[C@@](C)(N)c1cccc(Cl)c1. The second-order valence-electron chi connectivity index (χ2n) is 6.74. The fourth-order valence-corrected chi connectivity index (χ4v) is 3.09. The van der Waals surface area contributed by atoms with E-state index in [4.69, 9.17) is 17.3 Å². The first-order chi connectivity index (χ1) is 12.6. The topological polar surface area (TPSA) is 43.8 Å². The van der Waals surface area contributed by atoms with Gasteiger partial charge in [0.15, 0.2) is 0 Å². The second-order valence-corrected chi connectivity index (χ2v) is 7.18. The van der Waals surface area contributed by atoms with E-state index in [0.29, 0.717) is 10.7 Å². The first-order valence-corrected chi connectivity index (χ1v) is 8.75. The molecule has 3 rings (SSSR count). The van der Waals surface area contributed by atoms with E-state index >= 15 is 0 Å². The summed E-state index contributed by atoms with van der Waals surface area (Å²) < 4.78 is 39.7. The van der Waals surface area contributed by atoms with Crippen LogP contribution in [0.1, 0.15) is 36.6 Å². The zero-order valence-electron chi connectivity index (χ0n) is 14.8. The lowest BCUT2D eigenvalue weighted by molar-refractivity contribution is -0.137. The standard InChI is InChI=1S/C20H19ClF3N3/c1-13(19(2,25)15-4-3-5-16(21)12-15)18-10-11-27(26-18)17-8-6-14(7-9-17)20(22,23)24/h3-13H,25H2,1-2H3/t13?,19-/m1/s1. The monoisotopic (exact) mass is 393 g/mol. The zero-order chi connectivity index (χ0) is 19.8. The molecule has 27 heavy (non-hydrogen) atoms. The summed E-state index contributed by atoms with van der Waals surface area (Å²) in [6, 6.07) is 14.0. The van der Waals surface area contributed by atoms with Gasteiger partial charge in [0.25, 0.3) is 0 Å². The van der Waals surface area contributed by atoms with Crippen molar-refractivity contribution in [3.8, 4) is 5.69 Å². The van der Waals surface area contributed by atoms with Crippen molar-refractivity contribution in [3.63, 3.8) is 0 Å². The van der Waals surface area contributed by atoms with Crippen molar-refractivity contribution in [2.45, 2.75) is 31.5 Å². The summed E-state index contributed by atoms with van der Waals surface area (Å²) in [6.45, 7) is 3.86. The van der Waals surface area contributed by atoms with Gasteiger partial charge in [0.05, 0.1) is 16.9 Å². The molecule has 3 nitrogen and oxygen atoms in total. The Kier molecular flexibility index (Phi) is 5.06. The van der Waals surface area contributed by atoms with Crippen molar-refractivity contribution in [1.82, 2.24) is 9.78 Å². The fourth-order valence-electron chi connectivity index (χ4n) is 2.90. The third-order valence-electron chi connectivity index (χ3n) is 4.86. The van der Waals surface area contributed by atoms with Crippen LogP contribution in [0.15, 0.2) is 60.8 Å².